The number of nitrogens with zero attached hydrogens (tertiary/aromatic N) is 2. The third kappa shape index (κ3) is 3.07. The molecule has 2 aliphatic rings. The number of hydrogen-bond acceptors (Lipinski definition) is 10. The van der Waals surface area contributed by atoms with E-state index in [4.69, 9.17) is 23.0 Å². The Hall–Kier alpha value is -3.51. The summed E-state index contributed by atoms with van der Waals surface area (Å²) in [6.07, 6.45) is 0.301. The first-order valence-corrected chi connectivity index (χ1v) is 7.59. The first kappa shape index (κ1) is 16.9. The van der Waals surface area contributed by atoms with E-state index in [1.165, 1.54) is 18.2 Å². The Labute approximate surface area is 149 Å². The maximum Gasteiger partial charge on any atom is 0.433 e. The largest absolute Gasteiger partial charge is 0.433 e. The molecule has 140 valence electrons. The van der Waals surface area contributed by atoms with Crippen molar-refractivity contribution in [3.8, 4) is 0 Å². The summed E-state index contributed by atoms with van der Waals surface area (Å²) in [6.45, 7) is 0. The van der Waals surface area contributed by atoms with Gasteiger partial charge < -0.3 is 18.3 Å². The van der Waals surface area contributed by atoms with Gasteiger partial charge in [-0.15, -0.1) is 0 Å². The summed E-state index contributed by atoms with van der Waals surface area (Å²) in [4.78, 5) is 31.7. The standard InChI is InChI=1S/C15H10N2O10/c18-13-5-6-15(26-13)7-10(8-1-3-11(23-8)16(19)20)25-14(27-15)9-2-4-12(24-9)17(21)22/h1-6,10,14H,7H2/t10-,14+,15-/m0/s1. The first-order chi connectivity index (χ1) is 12.8. The van der Waals surface area contributed by atoms with Gasteiger partial charge in [0.1, 0.15) is 21.7 Å². The van der Waals surface area contributed by atoms with Gasteiger partial charge in [0.05, 0.1) is 18.6 Å². The topological polar surface area (TPSA) is 157 Å². The molecule has 1 fully saturated rings. The fraction of sp³-hybridized carbons (Fsp3) is 0.267. The highest BCUT2D eigenvalue weighted by molar-refractivity contribution is 5.84. The number of nitro groups is 2. The van der Waals surface area contributed by atoms with E-state index in [9.17, 15) is 25.0 Å². The van der Waals surface area contributed by atoms with E-state index in [1.807, 2.05) is 0 Å². The maximum atomic E-state index is 11.5. The third-order valence-corrected chi connectivity index (χ3v) is 3.95. The number of ether oxygens (including phenoxy) is 3. The van der Waals surface area contributed by atoms with E-state index in [2.05, 4.69) is 0 Å². The van der Waals surface area contributed by atoms with Gasteiger partial charge in [0.15, 0.2) is 5.76 Å². The zero-order valence-corrected chi connectivity index (χ0v) is 13.3. The second-order valence-electron chi connectivity index (χ2n) is 5.71. The number of esters is 1. The Morgan fingerprint density at radius 3 is 2.19 bits per heavy atom. The van der Waals surface area contributed by atoms with Crippen LogP contribution in [0.2, 0.25) is 0 Å². The smallest absolute Gasteiger partial charge is 0.426 e. The minimum absolute atomic E-state index is 0.0387. The molecular weight excluding hydrogens is 368 g/mol. The lowest BCUT2D eigenvalue weighted by molar-refractivity contribution is -0.405. The molecule has 2 aromatic heterocycles. The van der Waals surface area contributed by atoms with Crippen LogP contribution in [0.4, 0.5) is 11.8 Å². The molecule has 4 rings (SSSR count). The normalized spacial score (nSPS) is 27.0. The molecule has 0 bridgehead atoms. The van der Waals surface area contributed by atoms with Gasteiger partial charge in [0.25, 0.3) is 0 Å². The van der Waals surface area contributed by atoms with Crippen LogP contribution in [-0.2, 0) is 19.0 Å². The lowest BCUT2D eigenvalue weighted by Crippen LogP contribution is -2.41. The van der Waals surface area contributed by atoms with Gasteiger partial charge in [0, 0.05) is 6.08 Å². The van der Waals surface area contributed by atoms with Crippen molar-refractivity contribution in [2.45, 2.75) is 24.6 Å². The molecule has 0 radical (unpaired) electrons. The van der Waals surface area contributed by atoms with Crippen LogP contribution in [0.3, 0.4) is 0 Å². The molecule has 0 saturated carbocycles. The highest BCUT2D eigenvalue weighted by Gasteiger charge is 2.49. The molecule has 2 aromatic rings. The minimum atomic E-state index is -1.52. The van der Waals surface area contributed by atoms with Gasteiger partial charge in [-0.05, 0) is 18.2 Å². The molecule has 0 unspecified atom stereocenters. The summed E-state index contributed by atoms with van der Waals surface area (Å²) < 4.78 is 26.8. The van der Waals surface area contributed by atoms with Crippen molar-refractivity contribution >= 4 is 17.7 Å². The lowest BCUT2D eigenvalue weighted by Gasteiger charge is -2.38. The highest BCUT2D eigenvalue weighted by atomic mass is 16.8. The molecule has 4 heterocycles. The molecule has 0 aromatic carbocycles. The first-order valence-electron chi connectivity index (χ1n) is 7.59. The average molecular weight is 378 g/mol. The number of carbonyl (C=O) groups excluding carboxylic acids is 1. The Kier molecular flexibility index (Phi) is 3.78. The number of furan rings is 2. The monoisotopic (exact) mass is 378 g/mol. The van der Waals surface area contributed by atoms with Crippen molar-refractivity contribution in [3.05, 3.63) is 68.2 Å². The predicted octanol–water partition coefficient (Wildman–Crippen LogP) is 2.68. The van der Waals surface area contributed by atoms with Gasteiger partial charge >= 0.3 is 17.7 Å². The number of hydrogen-bond donors (Lipinski definition) is 0. The fourth-order valence-electron chi connectivity index (χ4n) is 2.79. The third-order valence-electron chi connectivity index (χ3n) is 3.95. The highest BCUT2D eigenvalue weighted by Crippen LogP contribution is 2.46. The van der Waals surface area contributed by atoms with E-state index in [0.29, 0.717) is 0 Å². The summed E-state index contributed by atoms with van der Waals surface area (Å²) in [7, 11) is 0. The quantitative estimate of drug-likeness (QED) is 0.440. The van der Waals surface area contributed by atoms with Gasteiger partial charge in [-0.1, -0.05) is 0 Å². The number of carbonyl (C=O) groups is 1. The molecule has 1 spiro atoms. The average Bonchev–Trinajstić information content (AvgIpc) is 3.34. The van der Waals surface area contributed by atoms with Gasteiger partial charge in [0.2, 0.25) is 12.1 Å². The van der Waals surface area contributed by atoms with Crippen LogP contribution in [0.15, 0.2) is 45.3 Å². The van der Waals surface area contributed by atoms with E-state index in [-0.39, 0.29) is 17.9 Å². The van der Waals surface area contributed by atoms with Crippen LogP contribution < -0.4 is 0 Å². The van der Waals surface area contributed by atoms with E-state index >= 15 is 0 Å². The lowest BCUT2D eigenvalue weighted by atomic mass is 10.0. The molecule has 12 nitrogen and oxygen atoms in total. The van der Waals surface area contributed by atoms with Gasteiger partial charge in [-0.25, -0.2) is 4.79 Å². The number of rotatable bonds is 4. The van der Waals surface area contributed by atoms with Crippen LogP contribution in [-0.4, -0.2) is 21.6 Å². The Morgan fingerprint density at radius 1 is 1.00 bits per heavy atom. The maximum absolute atomic E-state index is 11.5. The summed E-state index contributed by atoms with van der Waals surface area (Å²) in [5.41, 5.74) is 0. The zero-order chi connectivity index (χ0) is 19.2. The molecule has 12 heteroatoms. The van der Waals surface area contributed by atoms with Crippen LogP contribution in [0.1, 0.15) is 30.3 Å². The van der Waals surface area contributed by atoms with Crippen molar-refractivity contribution in [2.75, 3.05) is 0 Å². The molecule has 0 aliphatic carbocycles. The second-order valence-corrected chi connectivity index (χ2v) is 5.71. The SMILES string of the molecule is O=C1C=C[C@]2(C[C@@H](c3ccc([N+](=O)[O-])o3)O[C@@H](c3ccc([N+](=O)[O-])o3)O2)O1. The van der Waals surface area contributed by atoms with Crippen LogP contribution >= 0.6 is 0 Å². The molecule has 1 saturated heterocycles. The van der Waals surface area contributed by atoms with Crippen molar-refractivity contribution < 1.29 is 37.7 Å². The summed E-state index contributed by atoms with van der Waals surface area (Å²) >= 11 is 0. The van der Waals surface area contributed by atoms with Crippen LogP contribution in [0.25, 0.3) is 0 Å². The summed E-state index contributed by atoms with van der Waals surface area (Å²) in [5, 5.41) is 21.6. The van der Waals surface area contributed by atoms with Crippen molar-refractivity contribution in [1.82, 2.24) is 0 Å². The Bertz CT molecular complexity index is 897. The zero-order valence-electron chi connectivity index (χ0n) is 13.3. The van der Waals surface area contributed by atoms with Crippen molar-refractivity contribution in [1.29, 1.82) is 0 Å². The molecule has 27 heavy (non-hydrogen) atoms. The molecule has 0 amide bonds. The van der Waals surface area contributed by atoms with Gasteiger partial charge in [-0.2, -0.15) is 0 Å². The van der Waals surface area contributed by atoms with Crippen molar-refractivity contribution in [3.63, 3.8) is 0 Å². The summed E-state index contributed by atoms with van der Waals surface area (Å²) in [5.74, 6) is -3.12. The fourth-order valence-corrected chi connectivity index (χ4v) is 2.79. The molecule has 2 aliphatic heterocycles. The van der Waals surface area contributed by atoms with Crippen molar-refractivity contribution in [2.24, 2.45) is 0 Å². The molecule has 3 atom stereocenters. The summed E-state index contributed by atoms with van der Waals surface area (Å²) in [6, 6.07) is 4.91. The molecular formula is C15H10N2O10. The van der Waals surface area contributed by atoms with E-state index in [1.54, 1.807) is 0 Å². The second kappa shape index (κ2) is 6.03. The van der Waals surface area contributed by atoms with Crippen LogP contribution in [0, 0.1) is 20.2 Å². The Morgan fingerprint density at radius 2 is 1.63 bits per heavy atom. The predicted molar refractivity (Wildman–Crippen MR) is 81.0 cm³/mol. The van der Waals surface area contributed by atoms with E-state index < -0.39 is 45.8 Å². The van der Waals surface area contributed by atoms with E-state index in [0.717, 1.165) is 18.2 Å². The van der Waals surface area contributed by atoms with Crippen LogP contribution in [0.5, 0.6) is 0 Å². The minimum Gasteiger partial charge on any atom is -0.426 e. The molecule has 0 N–H and O–H groups in total. The van der Waals surface area contributed by atoms with Gasteiger partial charge in [-0.3, -0.25) is 25.0 Å². The Balaban J connectivity index is 1.67.